The summed E-state index contributed by atoms with van der Waals surface area (Å²) in [5.74, 6) is 0.522. The molecule has 4 rings (SSSR count). The van der Waals surface area contributed by atoms with Crippen molar-refractivity contribution in [1.82, 2.24) is 9.97 Å². The second kappa shape index (κ2) is 6.96. The molecule has 2 heterocycles. The highest BCUT2D eigenvalue weighted by molar-refractivity contribution is 5.95. The van der Waals surface area contributed by atoms with E-state index in [-0.39, 0.29) is 11.4 Å². The lowest BCUT2D eigenvalue weighted by Gasteiger charge is -2.09. The molecule has 0 amide bonds. The van der Waals surface area contributed by atoms with Crippen LogP contribution in [0.1, 0.15) is 17.0 Å². The number of nitro benzene ring substituents is 1. The number of hydrogen-bond acceptors (Lipinski definition) is 4. The lowest BCUT2D eigenvalue weighted by atomic mass is 10.0. The van der Waals surface area contributed by atoms with Gasteiger partial charge in [0.15, 0.2) is 12.4 Å². The van der Waals surface area contributed by atoms with Gasteiger partial charge in [-0.2, -0.15) is 0 Å². The zero-order chi connectivity index (χ0) is 19.7. The van der Waals surface area contributed by atoms with E-state index in [0.29, 0.717) is 22.5 Å². The fourth-order valence-corrected chi connectivity index (χ4v) is 3.01. The number of fused-ring (bicyclic) bond motifs is 1. The molecule has 0 unspecified atom stereocenters. The van der Waals surface area contributed by atoms with Crippen molar-refractivity contribution in [3.63, 3.8) is 0 Å². The molecule has 0 bridgehead atoms. The van der Waals surface area contributed by atoms with Crippen molar-refractivity contribution < 1.29 is 14.6 Å². The fourth-order valence-electron chi connectivity index (χ4n) is 3.01. The number of para-hydroxylation sites is 2. The Morgan fingerprint density at radius 3 is 2.36 bits per heavy atom. The third-order valence-electron chi connectivity index (χ3n) is 4.48. The minimum Gasteiger partial charge on any atom is -0.507 e. The van der Waals surface area contributed by atoms with Crippen LogP contribution in [-0.4, -0.2) is 20.0 Å². The van der Waals surface area contributed by atoms with Crippen LogP contribution >= 0.6 is 0 Å². The number of hydrogen-bond donors (Lipinski definition) is 2. The fraction of sp³-hybridized carbons (Fsp3) is 0.0476. The molecule has 0 saturated heterocycles. The van der Waals surface area contributed by atoms with Gasteiger partial charge < -0.3 is 10.1 Å². The van der Waals surface area contributed by atoms with Gasteiger partial charge in [0.25, 0.3) is 5.69 Å². The number of aliphatic hydroxyl groups excluding tert-OH is 1. The van der Waals surface area contributed by atoms with E-state index >= 15 is 0 Å². The van der Waals surface area contributed by atoms with E-state index in [1.54, 1.807) is 24.3 Å². The van der Waals surface area contributed by atoms with Gasteiger partial charge in [-0.25, -0.2) is 9.55 Å². The quantitative estimate of drug-likeness (QED) is 0.246. The normalized spacial score (nSPS) is 12.0. The van der Waals surface area contributed by atoms with E-state index in [1.165, 1.54) is 12.1 Å². The number of benzene rings is 2. The molecular weight excluding hydrogens is 356 g/mol. The minimum absolute atomic E-state index is 0.0149. The Morgan fingerprint density at radius 1 is 1.04 bits per heavy atom. The van der Waals surface area contributed by atoms with Crippen LogP contribution < -0.4 is 4.57 Å². The number of aliphatic hydroxyl groups is 1. The molecule has 0 aliphatic rings. The molecule has 2 aromatic heterocycles. The van der Waals surface area contributed by atoms with E-state index in [2.05, 4.69) is 9.97 Å². The number of nitrogens with zero attached hydrogens (tertiary/aromatic N) is 3. The summed E-state index contributed by atoms with van der Waals surface area (Å²) < 4.78 is 1.86. The summed E-state index contributed by atoms with van der Waals surface area (Å²) in [4.78, 5) is 18.4. The molecule has 138 valence electrons. The lowest BCUT2D eigenvalue weighted by molar-refractivity contribution is -0.671. The summed E-state index contributed by atoms with van der Waals surface area (Å²) in [5.41, 5.74) is 3.30. The maximum atomic E-state index is 11.1. The average molecular weight is 373 g/mol. The first-order chi connectivity index (χ1) is 13.5. The highest BCUT2D eigenvalue weighted by atomic mass is 16.6. The summed E-state index contributed by atoms with van der Waals surface area (Å²) in [5, 5.41) is 22.0. The van der Waals surface area contributed by atoms with Crippen molar-refractivity contribution in [2.75, 3.05) is 0 Å². The van der Waals surface area contributed by atoms with Gasteiger partial charge >= 0.3 is 0 Å². The zero-order valence-corrected chi connectivity index (χ0v) is 15.0. The number of H-pyrrole nitrogens is 1. The molecule has 0 aliphatic carbocycles. The molecule has 0 saturated carbocycles. The molecule has 7 nitrogen and oxygen atoms in total. The van der Waals surface area contributed by atoms with Crippen molar-refractivity contribution in [2.24, 2.45) is 7.05 Å². The van der Waals surface area contributed by atoms with Crippen molar-refractivity contribution in [2.45, 2.75) is 0 Å². The SMILES string of the molecule is C[n+]1ccc(/C(O)=C(\c2ccc([N+](=O)[O-])cc2)c2nc3ccccc3[nH]2)cc1. The Bertz CT molecular complexity index is 1160. The van der Waals surface area contributed by atoms with Crippen LogP contribution in [0.4, 0.5) is 5.69 Å². The predicted octanol–water partition coefficient (Wildman–Crippen LogP) is 3.77. The number of rotatable bonds is 4. The van der Waals surface area contributed by atoms with E-state index in [1.807, 2.05) is 48.3 Å². The number of aryl methyl sites for hydroxylation is 1. The Labute approximate surface area is 160 Å². The zero-order valence-electron chi connectivity index (χ0n) is 15.0. The van der Waals surface area contributed by atoms with E-state index in [0.717, 1.165) is 11.0 Å². The van der Waals surface area contributed by atoms with Crippen LogP contribution in [0.15, 0.2) is 73.1 Å². The maximum absolute atomic E-state index is 11.1. The van der Waals surface area contributed by atoms with Gasteiger partial charge in [0.05, 0.1) is 21.5 Å². The molecule has 0 fully saturated rings. The number of nitrogens with one attached hydrogen (secondary N) is 1. The van der Waals surface area contributed by atoms with Crippen LogP contribution in [0.2, 0.25) is 0 Å². The van der Waals surface area contributed by atoms with Crippen LogP contribution in [-0.2, 0) is 7.05 Å². The van der Waals surface area contributed by atoms with Crippen molar-refractivity contribution in [3.8, 4) is 0 Å². The van der Waals surface area contributed by atoms with Crippen molar-refractivity contribution in [1.29, 1.82) is 0 Å². The molecule has 0 radical (unpaired) electrons. The molecular formula is C21H17N4O3+. The Kier molecular flexibility index (Phi) is 4.33. The lowest BCUT2D eigenvalue weighted by Crippen LogP contribution is -2.25. The van der Waals surface area contributed by atoms with E-state index in [9.17, 15) is 15.2 Å². The monoisotopic (exact) mass is 373 g/mol. The minimum atomic E-state index is -0.453. The number of pyridine rings is 1. The van der Waals surface area contributed by atoms with Crippen LogP contribution in [0.3, 0.4) is 0 Å². The van der Waals surface area contributed by atoms with Crippen LogP contribution in [0.25, 0.3) is 22.4 Å². The topological polar surface area (TPSA) is 95.9 Å². The number of non-ortho nitro benzene ring substituents is 1. The second-order valence-corrected chi connectivity index (χ2v) is 6.38. The molecule has 28 heavy (non-hydrogen) atoms. The molecule has 2 N–H and O–H groups in total. The summed E-state index contributed by atoms with van der Waals surface area (Å²) >= 11 is 0. The third-order valence-corrected chi connectivity index (χ3v) is 4.48. The summed E-state index contributed by atoms with van der Waals surface area (Å²) in [6.45, 7) is 0. The van der Waals surface area contributed by atoms with Gasteiger partial charge in [0, 0.05) is 29.8 Å². The van der Waals surface area contributed by atoms with Gasteiger partial charge in [0.2, 0.25) is 0 Å². The molecule has 4 aromatic rings. The largest absolute Gasteiger partial charge is 0.507 e. The van der Waals surface area contributed by atoms with Gasteiger partial charge in [-0.05, 0) is 29.8 Å². The smallest absolute Gasteiger partial charge is 0.269 e. The highest BCUT2D eigenvalue weighted by Crippen LogP contribution is 2.31. The van der Waals surface area contributed by atoms with Gasteiger partial charge in [0.1, 0.15) is 18.6 Å². The second-order valence-electron chi connectivity index (χ2n) is 6.38. The summed E-state index contributed by atoms with van der Waals surface area (Å²) in [6, 6.07) is 17.2. The van der Waals surface area contributed by atoms with E-state index in [4.69, 9.17) is 0 Å². The Balaban J connectivity index is 1.93. The first-order valence-electron chi connectivity index (χ1n) is 8.62. The van der Waals surface area contributed by atoms with Crippen molar-refractivity contribution >= 4 is 28.1 Å². The first kappa shape index (κ1) is 17.4. The predicted molar refractivity (Wildman–Crippen MR) is 105 cm³/mol. The molecule has 0 aliphatic heterocycles. The third kappa shape index (κ3) is 3.21. The number of imidazole rings is 1. The number of aromatic nitrogens is 3. The van der Waals surface area contributed by atoms with Crippen LogP contribution in [0.5, 0.6) is 0 Å². The van der Waals surface area contributed by atoms with Gasteiger partial charge in [-0.3, -0.25) is 10.1 Å². The highest BCUT2D eigenvalue weighted by Gasteiger charge is 2.18. The average Bonchev–Trinajstić information content (AvgIpc) is 3.12. The molecule has 7 heteroatoms. The number of nitro groups is 1. The van der Waals surface area contributed by atoms with Crippen LogP contribution in [0, 0.1) is 10.1 Å². The maximum Gasteiger partial charge on any atom is 0.269 e. The van der Waals surface area contributed by atoms with E-state index < -0.39 is 4.92 Å². The summed E-state index contributed by atoms with van der Waals surface area (Å²) in [6.07, 6.45) is 3.66. The summed E-state index contributed by atoms with van der Waals surface area (Å²) in [7, 11) is 1.89. The molecule has 0 spiro atoms. The number of aromatic amines is 1. The molecule has 0 atom stereocenters. The van der Waals surface area contributed by atoms with Crippen molar-refractivity contribution in [3.05, 3.63) is 100 Å². The first-order valence-corrected chi connectivity index (χ1v) is 8.62. The standard InChI is InChI=1S/C21H16N4O3/c1-24-12-10-15(11-13-24)20(26)19(14-6-8-16(9-7-14)25(27)28)21-22-17-4-2-3-5-18(17)23-21/h2-13,26H,1H3/p+1. The van der Waals surface area contributed by atoms with Gasteiger partial charge in [-0.1, -0.05) is 12.1 Å². The van der Waals surface area contributed by atoms with Gasteiger partial charge in [-0.15, -0.1) is 0 Å². The molecule has 2 aromatic carbocycles. The Morgan fingerprint density at radius 2 is 1.71 bits per heavy atom. The Hall–Kier alpha value is -4.00.